The number of phenolic OH excluding ortho intramolecular Hbond substituents is 1. The van der Waals surface area contributed by atoms with Gasteiger partial charge in [-0.15, -0.1) is 0 Å². The van der Waals surface area contributed by atoms with Gasteiger partial charge in [0, 0.05) is 17.2 Å². The van der Waals surface area contributed by atoms with Crippen molar-refractivity contribution in [1.82, 2.24) is 4.83 Å². The Labute approximate surface area is 185 Å². The van der Waals surface area contributed by atoms with Gasteiger partial charge in [-0.3, -0.25) is 0 Å². The molecule has 0 amide bonds. The molecule has 0 radical (unpaired) electrons. The molecule has 2 aromatic rings. The Hall–Kier alpha value is -2.74. The lowest BCUT2D eigenvalue weighted by molar-refractivity contribution is 0.354. The number of hydrogen-bond donors (Lipinski definition) is 2. The Bertz CT molecular complexity index is 1040. The van der Waals surface area contributed by atoms with Gasteiger partial charge in [-0.05, 0) is 40.7 Å². The monoisotopic (exact) mass is 448 g/mol. The number of nitrogens with zero attached hydrogens (tertiary/aromatic N) is 1. The lowest BCUT2D eigenvalue weighted by atomic mass is 9.78. The van der Waals surface area contributed by atoms with Gasteiger partial charge in [-0.25, -0.2) is 4.83 Å². The number of hydrogen-bond acceptors (Lipinski definition) is 6. The number of phenols is 1. The zero-order valence-corrected chi connectivity index (χ0v) is 20.2. The first-order chi connectivity index (χ1) is 14.2. The van der Waals surface area contributed by atoms with Crippen molar-refractivity contribution < 1.29 is 23.0 Å². The molecule has 0 bridgehead atoms. The summed E-state index contributed by atoms with van der Waals surface area (Å²) in [5.41, 5.74) is 1.62. The van der Waals surface area contributed by atoms with Crippen LogP contribution in [0.4, 0.5) is 0 Å². The van der Waals surface area contributed by atoms with E-state index in [2.05, 4.69) is 9.93 Å². The first-order valence-electron chi connectivity index (χ1n) is 9.85. The van der Waals surface area contributed by atoms with E-state index in [1.807, 2.05) is 53.7 Å². The Balaban J connectivity index is 2.39. The average Bonchev–Trinajstić information content (AvgIpc) is 2.66. The van der Waals surface area contributed by atoms with Crippen LogP contribution in [0.1, 0.15) is 58.2 Å². The molecule has 0 heterocycles. The van der Waals surface area contributed by atoms with Crippen LogP contribution in [0.25, 0.3) is 0 Å². The zero-order valence-electron chi connectivity index (χ0n) is 19.4. The summed E-state index contributed by atoms with van der Waals surface area (Å²) in [6, 6.07) is 7.93. The highest BCUT2D eigenvalue weighted by Crippen LogP contribution is 2.39. The van der Waals surface area contributed by atoms with Crippen LogP contribution in [-0.4, -0.2) is 34.0 Å². The Morgan fingerprint density at radius 2 is 1.42 bits per heavy atom. The summed E-state index contributed by atoms with van der Waals surface area (Å²) in [6.45, 7) is 12.1. The topological polar surface area (TPSA) is 97.2 Å². The largest absolute Gasteiger partial charge is 0.507 e. The van der Waals surface area contributed by atoms with Gasteiger partial charge in [0.1, 0.15) is 5.75 Å². The summed E-state index contributed by atoms with van der Waals surface area (Å²) in [5.74, 6) is 0.985. The second-order valence-electron chi connectivity index (χ2n) is 9.33. The molecular formula is C23H32N2O5S. The zero-order chi connectivity index (χ0) is 23.6. The highest BCUT2D eigenvalue weighted by molar-refractivity contribution is 7.89. The molecule has 8 heteroatoms. The average molecular weight is 449 g/mol. The Morgan fingerprint density at radius 1 is 0.903 bits per heavy atom. The SMILES string of the molecule is COc1ccc(S(=O)(=O)N/N=C/c2cc(C(C)(C)C)c(O)c(C(C)(C)C)c2)cc1OC. The fourth-order valence-electron chi connectivity index (χ4n) is 3.08. The van der Waals surface area contributed by atoms with Gasteiger partial charge in [0.05, 0.1) is 25.3 Å². The predicted octanol–water partition coefficient (Wildman–Crippen LogP) is 4.32. The number of hydrazone groups is 1. The molecule has 2 N–H and O–H groups in total. The molecule has 0 aromatic heterocycles. The molecule has 0 saturated heterocycles. The Morgan fingerprint density at radius 3 is 1.87 bits per heavy atom. The summed E-state index contributed by atoms with van der Waals surface area (Å²) in [5, 5.41) is 14.7. The maximum Gasteiger partial charge on any atom is 0.276 e. The molecular weight excluding hydrogens is 416 g/mol. The van der Waals surface area contributed by atoms with Crippen molar-refractivity contribution in [1.29, 1.82) is 0 Å². The molecule has 0 spiro atoms. The van der Waals surface area contributed by atoms with Crippen molar-refractivity contribution in [2.24, 2.45) is 5.10 Å². The smallest absolute Gasteiger partial charge is 0.276 e. The number of benzene rings is 2. The van der Waals surface area contributed by atoms with E-state index in [4.69, 9.17) is 9.47 Å². The van der Waals surface area contributed by atoms with Crippen LogP contribution in [0.3, 0.4) is 0 Å². The first-order valence-corrected chi connectivity index (χ1v) is 11.3. The highest BCUT2D eigenvalue weighted by atomic mass is 32.2. The fourth-order valence-corrected chi connectivity index (χ4v) is 3.89. The number of nitrogens with one attached hydrogen (secondary N) is 1. The summed E-state index contributed by atoms with van der Waals surface area (Å²) in [7, 11) is -0.995. The molecule has 2 aromatic carbocycles. The van der Waals surface area contributed by atoms with Crippen LogP contribution >= 0.6 is 0 Å². The number of aromatic hydroxyl groups is 1. The maximum absolute atomic E-state index is 12.6. The normalized spacial score (nSPS) is 12.8. The standard InChI is InChI=1S/C23H32N2O5S/c1-22(2,3)17-11-15(12-18(21(17)26)23(4,5)6)14-24-25-31(27,28)16-9-10-19(29-7)20(13-16)30-8/h9-14,25-26H,1-8H3/b24-14+. The second kappa shape index (κ2) is 8.78. The van der Waals surface area contributed by atoms with Gasteiger partial charge >= 0.3 is 0 Å². The lowest BCUT2D eigenvalue weighted by Gasteiger charge is -2.27. The van der Waals surface area contributed by atoms with Crippen molar-refractivity contribution in [3.05, 3.63) is 47.0 Å². The summed E-state index contributed by atoms with van der Waals surface area (Å²) in [6.07, 6.45) is 1.43. The summed E-state index contributed by atoms with van der Waals surface area (Å²) in [4.78, 5) is 2.23. The van der Waals surface area contributed by atoms with Gasteiger partial charge in [0.15, 0.2) is 11.5 Å². The van der Waals surface area contributed by atoms with Crippen LogP contribution in [0.2, 0.25) is 0 Å². The molecule has 0 aliphatic rings. The van der Waals surface area contributed by atoms with Crippen LogP contribution in [-0.2, 0) is 20.9 Å². The van der Waals surface area contributed by atoms with E-state index in [9.17, 15) is 13.5 Å². The van der Waals surface area contributed by atoms with Crippen molar-refractivity contribution >= 4 is 16.2 Å². The lowest BCUT2D eigenvalue weighted by Crippen LogP contribution is -2.19. The molecule has 31 heavy (non-hydrogen) atoms. The Kier molecular flexibility index (Phi) is 6.95. The first kappa shape index (κ1) is 24.5. The van der Waals surface area contributed by atoms with Crippen molar-refractivity contribution in [3.63, 3.8) is 0 Å². The van der Waals surface area contributed by atoms with Gasteiger partial charge in [0.25, 0.3) is 10.0 Å². The highest BCUT2D eigenvalue weighted by Gasteiger charge is 2.26. The minimum absolute atomic E-state index is 0.00114. The molecule has 0 fully saturated rings. The van der Waals surface area contributed by atoms with E-state index in [-0.39, 0.29) is 21.5 Å². The van der Waals surface area contributed by atoms with E-state index in [1.54, 1.807) is 0 Å². The third kappa shape index (κ3) is 5.70. The quantitative estimate of drug-likeness (QED) is 0.507. The van der Waals surface area contributed by atoms with Crippen LogP contribution in [0.5, 0.6) is 17.2 Å². The fraction of sp³-hybridized carbons (Fsp3) is 0.435. The van der Waals surface area contributed by atoms with Gasteiger partial charge in [-0.1, -0.05) is 41.5 Å². The number of ether oxygens (including phenoxy) is 2. The number of sulfonamides is 1. The molecule has 170 valence electrons. The molecule has 0 aliphatic carbocycles. The predicted molar refractivity (Wildman–Crippen MR) is 123 cm³/mol. The summed E-state index contributed by atoms with van der Waals surface area (Å²) >= 11 is 0. The van der Waals surface area contributed by atoms with Gasteiger partial charge in [0.2, 0.25) is 0 Å². The number of rotatable bonds is 6. The molecule has 7 nitrogen and oxygen atoms in total. The van der Waals surface area contributed by atoms with E-state index < -0.39 is 10.0 Å². The molecule has 0 saturated carbocycles. The van der Waals surface area contributed by atoms with Crippen LogP contribution in [0.15, 0.2) is 40.3 Å². The second-order valence-corrected chi connectivity index (χ2v) is 11.0. The van der Waals surface area contributed by atoms with Gasteiger partial charge < -0.3 is 14.6 Å². The molecule has 0 aliphatic heterocycles. The van der Waals surface area contributed by atoms with E-state index in [0.29, 0.717) is 17.1 Å². The molecule has 0 atom stereocenters. The van der Waals surface area contributed by atoms with Gasteiger partial charge in [-0.2, -0.15) is 13.5 Å². The maximum atomic E-state index is 12.6. The molecule has 0 unspecified atom stereocenters. The van der Waals surface area contributed by atoms with E-state index >= 15 is 0 Å². The van der Waals surface area contributed by atoms with Crippen LogP contribution < -0.4 is 14.3 Å². The van der Waals surface area contributed by atoms with Crippen molar-refractivity contribution in [2.45, 2.75) is 57.3 Å². The molecule has 2 rings (SSSR count). The van der Waals surface area contributed by atoms with Crippen LogP contribution in [0, 0.1) is 0 Å². The van der Waals surface area contributed by atoms with Crippen molar-refractivity contribution in [3.8, 4) is 17.2 Å². The summed E-state index contributed by atoms with van der Waals surface area (Å²) < 4.78 is 35.6. The third-order valence-electron chi connectivity index (χ3n) is 4.80. The minimum Gasteiger partial charge on any atom is -0.507 e. The van der Waals surface area contributed by atoms with E-state index in [1.165, 1.54) is 38.6 Å². The van der Waals surface area contributed by atoms with E-state index in [0.717, 1.165) is 11.1 Å². The minimum atomic E-state index is -3.91. The van der Waals surface area contributed by atoms with Crippen molar-refractivity contribution in [2.75, 3.05) is 14.2 Å². The number of methoxy groups -OCH3 is 2. The third-order valence-corrected chi connectivity index (χ3v) is 6.02.